The fourth-order valence-corrected chi connectivity index (χ4v) is 1.69. The Balaban J connectivity index is 4.56. The molecule has 0 spiro atoms. The molecule has 66 valence electrons. The van der Waals surface area contributed by atoms with Gasteiger partial charge in [0.05, 0.1) is 6.04 Å². The van der Waals surface area contributed by atoms with Crippen LogP contribution in [0.5, 0.6) is 0 Å². The predicted molar refractivity (Wildman–Crippen MR) is 47.8 cm³/mol. The van der Waals surface area contributed by atoms with Crippen LogP contribution in [0.2, 0.25) is 0 Å². The third-order valence-electron chi connectivity index (χ3n) is 1.77. The Kier molecular flexibility index (Phi) is 2.81. The van der Waals surface area contributed by atoms with Crippen LogP contribution < -0.4 is 0 Å². The van der Waals surface area contributed by atoms with Gasteiger partial charge >= 0.3 is 0 Å². The summed E-state index contributed by atoms with van der Waals surface area (Å²) in [6.45, 7) is 12.8. The maximum atomic E-state index is 7.10. The van der Waals surface area contributed by atoms with Crippen LogP contribution in [-0.2, 0) is 0 Å². The van der Waals surface area contributed by atoms with Crippen molar-refractivity contribution in [3.05, 3.63) is 0 Å². The molecule has 0 fully saturated rings. The first-order valence-corrected chi connectivity index (χ1v) is 4.06. The molecule has 0 amide bonds. The van der Waals surface area contributed by atoms with Gasteiger partial charge in [-0.3, -0.25) is 0 Å². The summed E-state index contributed by atoms with van der Waals surface area (Å²) < 4.78 is 0. The van der Waals surface area contributed by atoms with Gasteiger partial charge < -0.3 is 0 Å². The molecule has 2 nitrogen and oxygen atoms in total. The molecule has 0 saturated heterocycles. The summed E-state index contributed by atoms with van der Waals surface area (Å²) in [6.07, 6.45) is 0. The third kappa shape index (κ3) is 3.00. The maximum Gasteiger partial charge on any atom is 0.0802 e. The third-order valence-corrected chi connectivity index (χ3v) is 1.77. The van der Waals surface area contributed by atoms with Crippen LogP contribution in [0.4, 0.5) is 0 Å². The molecular formula is C9H20N2. The Morgan fingerprint density at radius 2 is 1.18 bits per heavy atom. The molecule has 0 aromatic heterocycles. The van der Waals surface area contributed by atoms with E-state index in [2.05, 4.69) is 46.7 Å². The number of hydrogen-bond donors (Lipinski definition) is 1. The lowest BCUT2D eigenvalue weighted by Crippen LogP contribution is -2.36. The molecule has 0 radical (unpaired) electrons. The SMILES string of the molecule is CC(C)(C)C(N=N)C(C)(C)C. The van der Waals surface area contributed by atoms with Crippen molar-refractivity contribution < 1.29 is 0 Å². The van der Waals surface area contributed by atoms with Gasteiger partial charge in [0.2, 0.25) is 0 Å². The number of rotatable bonds is 1. The highest BCUT2D eigenvalue weighted by Gasteiger charge is 2.34. The van der Waals surface area contributed by atoms with Crippen molar-refractivity contribution in [2.45, 2.75) is 47.6 Å². The highest BCUT2D eigenvalue weighted by molar-refractivity contribution is 4.88. The first kappa shape index (κ1) is 10.6. The van der Waals surface area contributed by atoms with E-state index in [1.54, 1.807) is 0 Å². The average Bonchev–Trinajstić information content (AvgIpc) is 1.56. The molecule has 1 N–H and O–H groups in total. The van der Waals surface area contributed by atoms with Crippen LogP contribution in [-0.4, -0.2) is 6.04 Å². The molecule has 0 aromatic rings. The van der Waals surface area contributed by atoms with Crippen molar-refractivity contribution in [3.8, 4) is 0 Å². The highest BCUT2D eigenvalue weighted by atomic mass is 15.0. The summed E-state index contributed by atoms with van der Waals surface area (Å²) in [7, 11) is 0. The number of hydrogen-bond acceptors (Lipinski definition) is 2. The van der Waals surface area contributed by atoms with Crippen molar-refractivity contribution in [3.63, 3.8) is 0 Å². The fraction of sp³-hybridized carbons (Fsp3) is 1.00. The van der Waals surface area contributed by atoms with Gasteiger partial charge in [-0.05, 0) is 10.8 Å². The van der Waals surface area contributed by atoms with Crippen molar-refractivity contribution in [1.82, 2.24) is 0 Å². The molecule has 0 atom stereocenters. The summed E-state index contributed by atoms with van der Waals surface area (Å²) >= 11 is 0. The molecule has 0 heterocycles. The Hall–Kier alpha value is -0.400. The van der Waals surface area contributed by atoms with Crippen LogP contribution in [0, 0.1) is 16.4 Å². The molecule has 0 saturated carbocycles. The maximum absolute atomic E-state index is 7.10. The van der Waals surface area contributed by atoms with E-state index in [9.17, 15) is 0 Å². The van der Waals surface area contributed by atoms with E-state index in [0.717, 1.165) is 0 Å². The Morgan fingerprint density at radius 1 is 0.909 bits per heavy atom. The largest absolute Gasteiger partial charge is 0.210 e. The van der Waals surface area contributed by atoms with Gasteiger partial charge in [0.1, 0.15) is 0 Å². The molecule has 0 aliphatic heterocycles. The van der Waals surface area contributed by atoms with Crippen molar-refractivity contribution >= 4 is 0 Å². The minimum Gasteiger partial charge on any atom is -0.210 e. The monoisotopic (exact) mass is 156 g/mol. The minimum absolute atomic E-state index is 0.0972. The minimum atomic E-state index is 0.0972. The fourth-order valence-electron chi connectivity index (χ4n) is 1.69. The first-order chi connectivity index (χ1) is 4.69. The lowest BCUT2D eigenvalue weighted by molar-refractivity contribution is 0.172. The molecule has 0 aliphatic rings. The van der Waals surface area contributed by atoms with E-state index in [4.69, 9.17) is 5.53 Å². The lowest BCUT2D eigenvalue weighted by atomic mass is 9.72. The zero-order chi connectivity index (χ0) is 9.28. The molecule has 0 bridgehead atoms. The van der Waals surface area contributed by atoms with E-state index in [-0.39, 0.29) is 16.9 Å². The highest BCUT2D eigenvalue weighted by Crippen LogP contribution is 2.35. The summed E-state index contributed by atoms with van der Waals surface area (Å²) in [5, 5.41) is 3.68. The smallest absolute Gasteiger partial charge is 0.0802 e. The van der Waals surface area contributed by atoms with Gasteiger partial charge in [-0.25, -0.2) is 5.53 Å². The van der Waals surface area contributed by atoms with Crippen molar-refractivity contribution in [2.75, 3.05) is 0 Å². The van der Waals surface area contributed by atoms with Crippen LogP contribution in [0.15, 0.2) is 5.11 Å². The van der Waals surface area contributed by atoms with Gasteiger partial charge in [0.15, 0.2) is 0 Å². The topological polar surface area (TPSA) is 36.2 Å². The van der Waals surface area contributed by atoms with Gasteiger partial charge in [0.25, 0.3) is 0 Å². The molecule has 11 heavy (non-hydrogen) atoms. The van der Waals surface area contributed by atoms with Crippen LogP contribution in [0.3, 0.4) is 0 Å². The number of nitrogens with one attached hydrogen (secondary N) is 1. The second-order valence-electron chi connectivity index (χ2n) is 5.26. The zero-order valence-corrected chi connectivity index (χ0v) is 8.52. The van der Waals surface area contributed by atoms with E-state index < -0.39 is 0 Å². The number of nitrogens with zero attached hydrogens (tertiary/aromatic N) is 1. The van der Waals surface area contributed by atoms with Crippen molar-refractivity contribution in [2.24, 2.45) is 15.9 Å². The van der Waals surface area contributed by atoms with E-state index >= 15 is 0 Å². The molecule has 0 rings (SSSR count). The summed E-state index contributed by atoms with van der Waals surface area (Å²) in [5.41, 5.74) is 7.29. The van der Waals surface area contributed by atoms with Crippen LogP contribution >= 0.6 is 0 Å². The van der Waals surface area contributed by atoms with E-state index in [1.807, 2.05) is 0 Å². The van der Waals surface area contributed by atoms with Gasteiger partial charge in [-0.15, -0.1) is 0 Å². The molecule has 0 aliphatic carbocycles. The summed E-state index contributed by atoms with van der Waals surface area (Å²) in [4.78, 5) is 0. The molecule has 0 unspecified atom stereocenters. The second-order valence-corrected chi connectivity index (χ2v) is 5.26. The van der Waals surface area contributed by atoms with Crippen molar-refractivity contribution in [1.29, 1.82) is 5.53 Å². The van der Waals surface area contributed by atoms with Crippen LogP contribution in [0.1, 0.15) is 41.5 Å². The summed E-state index contributed by atoms with van der Waals surface area (Å²) in [5.74, 6) is 0. The average molecular weight is 156 g/mol. The molecule has 2 heteroatoms. The second kappa shape index (κ2) is 2.92. The first-order valence-electron chi connectivity index (χ1n) is 4.06. The van der Waals surface area contributed by atoms with Crippen LogP contribution in [0.25, 0.3) is 0 Å². The standard InChI is InChI=1S/C9H20N2/c1-8(2,3)7(11-10)9(4,5)6/h7,10H,1-6H3. The molecular weight excluding hydrogens is 136 g/mol. The van der Waals surface area contributed by atoms with E-state index in [1.165, 1.54) is 0 Å². The van der Waals surface area contributed by atoms with E-state index in [0.29, 0.717) is 0 Å². The predicted octanol–water partition coefficient (Wildman–Crippen LogP) is 3.48. The van der Waals surface area contributed by atoms with Gasteiger partial charge in [0, 0.05) is 0 Å². The quantitative estimate of drug-likeness (QED) is 0.564. The van der Waals surface area contributed by atoms with Gasteiger partial charge in [-0.2, -0.15) is 5.11 Å². The summed E-state index contributed by atoms with van der Waals surface area (Å²) in [6, 6.07) is 0.106. The normalized spacial score (nSPS) is 13.7. The Bertz CT molecular complexity index is 123. The Labute approximate surface area is 69.9 Å². The Morgan fingerprint density at radius 3 is 1.18 bits per heavy atom. The lowest BCUT2D eigenvalue weighted by Gasteiger charge is -2.36. The van der Waals surface area contributed by atoms with Gasteiger partial charge in [-0.1, -0.05) is 41.5 Å². The molecule has 0 aromatic carbocycles. The zero-order valence-electron chi connectivity index (χ0n) is 8.52.